The predicted molar refractivity (Wildman–Crippen MR) is 102 cm³/mol. The van der Waals surface area contributed by atoms with Crippen molar-refractivity contribution < 1.29 is 22.7 Å². The summed E-state index contributed by atoms with van der Waals surface area (Å²) in [6.07, 6.45) is 0. The van der Waals surface area contributed by atoms with Crippen LogP contribution in [0.5, 0.6) is 0 Å². The highest BCUT2D eigenvalue weighted by molar-refractivity contribution is 7.91. The zero-order chi connectivity index (χ0) is 19.9. The van der Waals surface area contributed by atoms with Crippen molar-refractivity contribution in [2.24, 2.45) is 0 Å². The second-order valence-electron chi connectivity index (χ2n) is 6.60. The molecule has 0 saturated heterocycles. The molecular weight excluding hydrogens is 376 g/mol. The van der Waals surface area contributed by atoms with Gasteiger partial charge in [-0.1, -0.05) is 42.0 Å². The average Bonchev–Trinajstić information content (AvgIpc) is 2.71. The van der Waals surface area contributed by atoms with Gasteiger partial charge in [-0.05, 0) is 42.8 Å². The molecule has 0 aromatic heterocycles. The summed E-state index contributed by atoms with van der Waals surface area (Å²) >= 11 is 0. The van der Waals surface area contributed by atoms with Crippen LogP contribution >= 0.6 is 0 Å². The van der Waals surface area contributed by atoms with Gasteiger partial charge in [0.05, 0.1) is 15.4 Å². The van der Waals surface area contributed by atoms with Crippen LogP contribution in [0.2, 0.25) is 0 Å². The summed E-state index contributed by atoms with van der Waals surface area (Å²) in [5.41, 5.74) is 2.22. The quantitative estimate of drug-likeness (QED) is 0.497. The summed E-state index contributed by atoms with van der Waals surface area (Å²) in [6, 6.07) is 17.6. The number of ketones is 1. The molecule has 0 radical (unpaired) electrons. The standard InChI is InChI=1S/C22H16O5S/c1-14-6-8-15(9-7-14)13-27-22(24)16-10-11-18-20(12-16)28(25,26)19-5-3-2-4-17(19)21(18)23/h2-12H,13H2,1H3. The zero-order valence-corrected chi connectivity index (χ0v) is 15.8. The van der Waals surface area contributed by atoms with E-state index in [4.69, 9.17) is 4.74 Å². The molecule has 5 nitrogen and oxygen atoms in total. The van der Waals surface area contributed by atoms with Crippen LogP contribution in [0.1, 0.15) is 37.4 Å². The number of hydrogen-bond donors (Lipinski definition) is 0. The van der Waals surface area contributed by atoms with Gasteiger partial charge in [-0.15, -0.1) is 0 Å². The van der Waals surface area contributed by atoms with Crippen molar-refractivity contribution in [3.63, 3.8) is 0 Å². The summed E-state index contributed by atoms with van der Waals surface area (Å²) in [5, 5.41) is 0. The number of benzene rings is 3. The maximum Gasteiger partial charge on any atom is 0.338 e. The smallest absolute Gasteiger partial charge is 0.338 e. The van der Waals surface area contributed by atoms with E-state index in [0.717, 1.165) is 11.1 Å². The Morgan fingerprint density at radius 1 is 0.893 bits per heavy atom. The highest BCUT2D eigenvalue weighted by Gasteiger charge is 2.35. The van der Waals surface area contributed by atoms with Crippen molar-refractivity contribution in [3.05, 3.63) is 94.5 Å². The summed E-state index contributed by atoms with van der Waals surface area (Å²) < 4.78 is 31.1. The fraction of sp³-hybridized carbons (Fsp3) is 0.0909. The monoisotopic (exact) mass is 392 g/mol. The van der Waals surface area contributed by atoms with Gasteiger partial charge in [-0.2, -0.15) is 0 Å². The molecule has 140 valence electrons. The number of fused-ring (bicyclic) bond motifs is 2. The number of carbonyl (C=O) groups excluding carboxylic acids is 2. The first-order valence-corrected chi connectivity index (χ1v) is 10.1. The lowest BCUT2D eigenvalue weighted by Crippen LogP contribution is -2.21. The van der Waals surface area contributed by atoms with Gasteiger partial charge in [0.1, 0.15) is 6.61 Å². The lowest BCUT2D eigenvalue weighted by atomic mass is 10.0. The van der Waals surface area contributed by atoms with Crippen LogP contribution in [0.3, 0.4) is 0 Å². The van der Waals surface area contributed by atoms with E-state index in [9.17, 15) is 18.0 Å². The van der Waals surface area contributed by atoms with Gasteiger partial charge in [0.15, 0.2) is 5.78 Å². The van der Waals surface area contributed by atoms with Crippen molar-refractivity contribution in [1.29, 1.82) is 0 Å². The Bertz CT molecular complexity index is 1210. The molecule has 1 heterocycles. The molecule has 0 bridgehead atoms. The van der Waals surface area contributed by atoms with Gasteiger partial charge >= 0.3 is 5.97 Å². The van der Waals surface area contributed by atoms with Gasteiger partial charge in [-0.25, -0.2) is 13.2 Å². The molecule has 0 unspecified atom stereocenters. The van der Waals surface area contributed by atoms with Gasteiger partial charge in [-0.3, -0.25) is 4.79 Å². The molecule has 0 spiro atoms. The maximum absolute atomic E-state index is 12.9. The molecule has 0 N–H and O–H groups in total. The van der Waals surface area contributed by atoms with Crippen LogP contribution in [-0.2, 0) is 21.2 Å². The molecule has 3 aromatic rings. The SMILES string of the molecule is Cc1ccc(COC(=O)c2ccc3c(c2)S(=O)(=O)c2ccccc2C3=O)cc1. The fourth-order valence-corrected chi connectivity index (χ4v) is 4.81. The maximum atomic E-state index is 12.9. The average molecular weight is 392 g/mol. The van der Waals surface area contributed by atoms with Gasteiger partial charge in [0, 0.05) is 11.1 Å². The van der Waals surface area contributed by atoms with Crippen LogP contribution in [-0.4, -0.2) is 20.2 Å². The fourth-order valence-electron chi connectivity index (χ4n) is 3.13. The highest BCUT2D eigenvalue weighted by atomic mass is 32.2. The topological polar surface area (TPSA) is 77.5 Å². The number of aryl methyl sites for hydroxylation is 1. The Morgan fingerprint density at radius 3 is 2.32 bits per heavy atom. The van der Waals surface area contributed by atoms with Crippen LogP contribution < -0.4 is 0 Å². The molecule has 3 aromatic carbocycles. The van der Waals surface area contributed by atoms with Crippen LogP contribution in [0.25, 0.3) is 0 Å². The van der Waals surface area contributed by atoms with E-state index in [-0.39, 0.29) is 38.9 Å². The van der Waals surface area contributed by atoms with Crippen LogP contribution in [0.15, 0.2) is 76.5 Å². The summed E-state index contributed by atoms with van der Waals surface area (Å²) in [5.74, 6) is -1.02. The van der Waals surface area contributed by atoms with Crippen LogP contribution in [0.4, 0.5) is 0 Å². The Hall–Kier alpha value is -3.25. The minimum Gasteiger partial charge on any atom is -0.457 e. The minimum absolute atomic E-state index is 0.0438. The molecule has 0 amide bonds. The third-order valence-electron chi connectivity index (χ3n) is 4.66. The summed E-state index contributed by atoms with van der Waals surface area (Å²) in [6.45, 7) is 2.04. The molecule has 0 saturated carbocycles. The van der Waals surface area contributed by atoms with E-state index in [0.29, 0.717) is 0 Å². The van der Waals surface area contributed by atoms with E-state index < -0.39 is 15.8 Å². The zero-order valence-electron chi connectivity index (χ0n) is 15.0. The van der Waals surface area contributed by atoms with Crippen molar-refractivity contribution >= 4 is 21.6 Å². The first-order chi connectivity index (χ1) is 13.4. The number of hydrogen-bond acceptors (Lipinski definition) is 5. The third-order valence-corrected chi connectivity index (χ3v) is 6.52. The summed E-state index contributed by atoms with van der Waals surface area (Å²) in [4.78, 5) is 24.8. The summed E-state index contributed by atoms with van der Waals surface area (Å²) in [7, 11) is -3.89. The Kier molecular flexibility index (Phi) is 4.35. The molecule has 1 aliphatic rings. The van der Waals surface area contributed by atoms with Crippen molar-refractivity contribution in [2.75, 3.05) is 0 Å². The van der Waals surface area contributed by atoms with Gasteiger partial charge < -0.3 is 4.74 Å². The van der Waals surface area contributed by atoms with E-state index in [1.54, 1.807) is 12.1 Å². The van der Waals surface area contributed by atoms with E-state index in [1.807, 2.05) is 31.2 Å². The number of rotatable bonds is 3. The highest BCUT2D eigenvalue weighted by Crippen LogP contribution is 2.34. The lowest BCUT2D eigenvalue weighted by Gasteiger charge is -2.19. The van der Waals surface area contributed by atoms with Gasteiger partial charge in [0.25, 0.3) is 0 Å². The molecule has 1 aliphatic heterocycles. The predicted octanol–water partition coefficient (Wildman–Crippen LogP) is 3.73. The molecule has 0 atom stereocenters. The van der Waals surface area contributed by atoms with Crippen molar-refractivity contribution in [2.45, 2.75) is 23.3 Å². The van der Waals surface area contributed by atoms with E-state index in [1.165, 1.54) is 30.3 Å². The molecule has 0 aliphatic carbocycles. The van der Waals surface area contributed by atoms with Gasteiger partial charge in [0.2, 0.25) is 9.84 Å². The second-order valence-corrected chi connectivity index (χ2v) is 8.49. The number of sulfone groups is 1. The minimum atomic E-state index is -3.89. The number of carbonyl (C=O) groups is 2. The first-order valence-electron chi connectivity index (χ1n) is 8.63. The van der Waals surface area contributed by atoms with Crippen LogP contribution in [0, 0.1) is 6.92 Å². The van der Waals surface area contributed by atoms with Crippen molar-refractivity contribution in [1.82, 2.24) is 0 Å². The molecule has 0 fully saturated rings. The molecular formula is C22H16O5S. The van der Waals surface area contributed by atoms with Crippen molar-refractivity contribution in [3.8, 4) is 0 Å². The first kappa shape index (κ1) is 18.1. The van der Waals surface area contributed by atoms with E-state index >= 15 is 0 Å². The largest absolute Gasteiger partial charge is 0.457 e. The Labute approximate surface area is 162 Å². The van der Waals surface area contributed by atoms with E-state index in [2.05, 4.69) is 0 Å². The molecule has 28 heavy (non-hydrogen) atoms. The lowest BCUT2D eigenvalue weighted by molar-refractivity contribution is 0.0472. The number of esters is 1. The number of ether oxygens (including phenoxy) is 1. The third kappa shape index (κ3) is 3.01. The Balaban J connectivity index is 1.65. The normalized spacial score (nSPS) is 14.1. The Morgan fingerprint density at radius 2 is 1.57 bits per heavy atom. The second kappa shape index (κ2) is 6.73. The molecule has 4 rings (SSSR count). The molecule has 6 heteroatoms.